The summed E-state index contributed by atoms with van der Waals surface area (Å²) in [7, 11) is 3.92. The van der Waals surface area contributed by atoms with Gasteiger partial charge >= 0.3 is 17.9 Å². The molecule has 7 nitrogen and oxygen atoms in total. The second-order valence-electron chi connectivity index (χ2n) is 14.4. The molecular formula is C43H79NO6. The van der Waals surface area contributed by atoms with Crippen molar-refractivity contribution in [1.82, 2.24) is 4.90 Å². The average molecular weight is 706 g/mol. The Hall–Kier alpha value is -2.15. The molecule has 292 valence electrons. The van der Waals surface area contributed by atoms with E-state index >= 15 is 0 Å². The van der Waals surface area contributed by atoms with Gasteiger partial charge in [-0.15, -0.1) is 0 Å². The van der Waals surface area contributed by atoms with Crippen molar-refractivity contribution >= 4 is 17.9 Å². The zero-order chi connectivity index (χ0) is 36.8. The number of hydrogen-bond donors (Lipinski definition) is 0. The number of nitrogens with zero attached hydrogens (tertiary/aromatic N) is 1. The Kier molecular flexibility index (Phi) is 36.5. The van der Waals surface area contributed by atoms with Crippen LogP contribution in [0.4, 0.5) is 0 Å². The maximum Gasteiger partial charge on any atom is 0.306 e. The van der Waals surface area contributed by atoms with Crippen molar-refractivity contribution in [3.05, 3.63) is 24.3 Å². The Bertz CT molecular complexity index is 839. The lowest BCUT2D eigenvalue weighted by atomic mass is 10.0. The van der Waals surface area contributed by atoms with Gasteiger partial charge < -0.3 is 19.1 Å². The van der Waals surface area contributed by atoms with Gasteiger partial charge in [0.25, 0.3) is 0 Å². The van der Waals surface area contributed by atoms with Gasteiger partial charge in [0.1, 0.15) is 13.2 Å². The highest BCUT2D eigenvalue weighted by molar-refractivity contribution is 5.71. The van der Waals surface area contributed by atoms with Gasteiger partial charge in [0.2, 0.25) is 0 Å². The van der Waals surface area contributed by atoms with E-state index < -0.39 is 6.10 Å². The van der Waals surface area contributed by atoms with Crippen LogP contribution in [0.25, 0.3) is 0 Å². The molecule has 1 atom stereocenters. The van der Waals surface area contributed by atoms with Crippen molar-refractivity contribution < 1.29 is 28.6 Å². The third-order valence-corrected chi connectivity index (χ3v) is 8.96. The molecule has 0 amide bonds. The topological polar surface area (TPSA) is 82.1 Å². The second kappa shape index (κ2) is 38.1. The number of allylic oxidation sites excluding steroid dienone is 4. The van der Waals surface area contributed by atoms with Crippen LogP contribution in [0.3, 0.4) is 0 Å². The summed E-state index contributed by atoms with van der Waals surface area (Å²) in [5, 5.41) is 0. The number of esters is 3. The number of rotatable bonds is 37. The van der Waals surface area contributed by atoms with Gasteiger partial charge in [-0.05, 0) is 72.0 Å². The van der Waals surface area contributed by atoms with E-state index in [0.29, 0.717) is 25.7 Å². The monoisotopic (exact) mass is 706 g/mol. The lowest BCUT2D eigenvalue weighted by Gasteiger charge is -2.18. The molecule has 0 N–H and O–H groups in total. The summed E-state index contributed by atoms with van der Waals surface area (Å²) in [6, 6.07) is 0. The molecule has 0 aliphatic rings. The molecule has 0 aliphatic carbocycles. The largest absolute Gasteiger partial charge is 0.462 e. The molecule has 0 rings (SSSR count). The van der Waals surface area contributed by atoms with Crippen LogP contribution >= 0.6 is 0 Å². The first-order valence-corrected chi connectivity index (χ1v) is 20.8. The third kappa shape index (κ3) is 37.1. The van der Waals surface area contributed by atoms with Crippen LogP contribution in [0.15, 0.2) is 24.3 Å². The van der Waals surface area contributed by atoms with Crippen molar-refractivity contribution in [1.29, 1.82) is 0 Å². The molecule has 7 heteroatoms. The van der Waals surface area contributed by atoms with E-state index in [-0.39, 0.29) is 31.1 Å². The lowest BCUT2D eigenvalue weighted by molar-refractivity contribution is -0.167. The molecule has 1 unspecified atom stereocenters. The summed E-state index contributed by atoms with van der Waals surface area (Å²) < 4.78 is 16.5. The van der Waals surface area contributed by atoms with Crippen LogP contribution in [0.2, 0.25) is 0 Å². The highest BCUT2D eigenvalue weighted by Crippen LogP contribution is 2.14. The number of carbonyl (C=O) groups excluding carboxylic acids is 3. The van der Waals surface area contributed by atoms with Crippen LogP contribution in [0.1, 0.15) is 194 Å². The predicted octanol–water partition coefficient (Wildman–Crippen LogP) is 11.6. The molecule has 50 heavy (non-hydrogen) atoms. The van der Waals surface area contributed by atoms with E-state index in [2.05, 4.69) is 38.2 Å². The third-order valence-electron chi connectivity index (χ3n) is 8.96. The van der Waals surface area contributed by atoms with E-state index in [1.807, 2.05) is 19.0 Å². The summed E-state index contributed by atoms with van der Waals surface area (Å²) in [5.41, 5.74) is 0. The Balaban J connectivity index is 4.23. The van der Waals surface area contributed by atoms with Crippen molar-refractivity contribution in [3.63, 3.8) is 0 Å². The van der Waals surface area contributed by atoms with Gasteiger partial charge in [-0.3, -0.25) is 14.4 Å². The SMILES string of the molecule is CCCCC/C=C\C/C=C\CCCCCCCC(=O)OC(COC(=O)CCCCCCCCCCCCCCC)COC(=O)CCCN(C)C. The molecule has 0 spiro atoms. The van der Waals surface area contributed by atoms with Gasteiger partial charge in [-0.2, -0.15) is 0 Å². The van der Waals surface area contributed by atoms with Gasteiger partial charge in [-0.1, -0.05) is 147 Å². The molecule has 0 heterocycles. The normalized spacial score (nSPS) is 12.3. The Morgan fingerprint density at radius 2 is 0.860 bits per heavy atom. The molecule has 0 radical (unpaired) electrons. The van der Waals surface area contributed by atoms with Crippen LogP contribution in [-0.2, 0) is 28.6 Å². The molecule has 0 saturated carbocycles. The van der Waals surface area contributed by atoms with Gasteiger partial charge in [-0.25, -0.2) is 0 Å². The molecule has 0 aliphatic heterocycles. The fourth-order valence-electron chi connectivity index (χ4n) is 5.78. The van der Waals surface area contributed by atoms with Crippen molar-refractivity contribution in [3.8, 4) is 0 Å². The van der Waals surface area contributed by atoms with Crippen molar-refractivity contribution in [2.75, 3.05) is 33.9 Å². The Morgan fingerprint density at radius 1 is 0.480 bits per heavy atom. The number of unbranched alkanes of at least 4 members (excludes halogenated alkanes) is 20. The first kappa shape index (κ1) is 47.8. The van der Waals surface area contributed by atoms with E-state index in [4.69, 9.17) is 14.2 Å². The minimum atomic E-state index is -0.783. The fourth-order valence-corrected chi connectivity index (χ4v) is 5.78. The maximum absolute atomic E-state index is 12.6. The van der Waals surface area contributed by atoms with E-state index in [1.165, 1.54) is 89.9 Å². The molecular weight excluding hydrogens is 626 g/mol. The number of carbonyl (C=O) groups is 3. The summed E-state index contributed by atoms with van der Waals surface area (Å²) in [5.74, 6) is -0.961. The van der Waals surface area contributed by atoms with Crippen molar-refractivity contribution in [2.24, 2.45) is 0 Å². The van der Waals surface area contributed by atoms with Crippen molar-refractivity contribution in [2.45, 2.75) is 200 Å². The molecule has 0 aromatic heterocycles. The maximum atomic E-state index is 12.6. The van der Waals surface area contributed by atoms with Gasteiger partial charge in [0.15, 0.2) is 6.10 Å². The minimum absolute atomic E-state index is 0.0871. The number of ether oxygens (including phenoxy) is 3. The van der Waals surface area contributed by atoms with Crippen LogP contribution in [-0.4, -0.2) is 62.8 Å². The molecule has 0 aromatic rings. The van der Waals surface area contributed by atoms with Crippen LogP contribution in [0.5, 0.6) is 0 Å². The molecule has 0 fully saturated rings. The van der Waals surface area contributed by atoms with Crippen LogP contribution < -0.4 is 0 Å². The van der Waals surface area contributed by atoms with Gasteiger partial charge in [0, 0.05) is 19.3 Å². The van der Waals surface area contributed by atoms with E-state index in [0.717, 1.165) is 70.8 Å². The van der Waals surface area contributed by atoms with E-state index in [9.17, 15) is 14.4 Å². The first-order valence-electron chi connectivity index (χ1n) is 20.8. The first-order chi connectivity index (χ1) is 24.4. The zero-order valence-electron chi connectivity index (χ0n) is 33.2. The Morgan fingerprint density at radius 3 is 1.34 bits per heavy atom. The van der Waals surface area contributed by atoms with Crippen LogP contribution in [0, 0.1) is 0 Å². The fraction of sp³-hybridized carbons (Fsp3) is 0.837. The quantitative estimate of drug-likeness (QED) is 0.0275. The summed E-state index contributed by atoms with van der Waals surface area (Å²) in [6.07, 6.45) is 38.5. The second-order valence-corrected chi connectivity index (χ2v) is 14.4. The highest BCUT2D eigenvalue weighted by Gasteiger charge is 2.19. The molecule has 0 bridgehead atoms. The highest BCUT2D eigenvalue weighted by atomic mass is 16.6. The predicted molar refractivity (Wildman–Crippen MR) is 209 cm³/mol. The minimum Gasteiger partial charge on any atom is -0.462 e. The van der Waals surface area contributed by atoms with E-state index in [1.54, 1.807) is 0 Å². The number of hydrogen-bond acceptors (Lipinski definition) is 7. The lowest BCUT2D eigenvalue weighted by Crippen LogP contribution is -2.31. The van der Waals surface area contributed by atoms with Gasteiger partial charge in [0.05, 0.1) is 0 Å². The summed E-state index contributed by atoms with van der Waals surface area (Å²) >= 11 is 0. The standard InChI is InChI=1S/C43H79NO6/c1-5-7-9-11-13-15-17-19-20-22-24-26-28-30-32-35-43(47)50-40(39-49-42(46)36-33-37-44(3)4)38-48-41(45)34-31-29-27-25-23-21-18-16-14-12-10-8-6-2/h13,15,19-20,40H,5-12,14,16-18,21-39H2,1-4H3/b15-13-,20-19-. The molecule has 0 saturated heterocycles. The smallest absolute Gasteiger partial charge is 0.306 e. The Labute approximate surface area is 308 Å². The summed E-state index contributed by atoms with van der Waals surface area (Å²) in [4.78, 5) is 39.3. The zero-order valence-corrected chi connectivity index (χ0v) is 33.2. The summed E-state index contributed by atoms with van der Waals surface area (Å²) in [6.45, 7) is 5.10. The molecule has 0 aromatic carbocycles. The average Bonchev–Trinajstić information content (AvgIpc) is 3.09.